The molecular formula is C14H24N4O2S. The van der Waals surface area contributed by atoms with Crippen LogP contribution < -0.4 is 10.6 Å². The minimum atomic E-state index is -0.0242. The summed E-state index contributed by atoms with van der Waals surface area (Å²) in [6.07, 6.45) is 1.71. The van der Waals surface area contributed by atoms with Gasteiger partial charge >= 0.3 is 0 Å². The molecule has 1 aromatic heterocycles. The van der Waals surface area contributed by atoms with Gasteiger partial charge in [-0.3, -0.25) is 4.79 Å². The van der Waals surface area contributed by atoms with E-state index >= 15 is 0 Å². The quantitative estimate of drug-likeness (QED) is 0.830. The third-order valence-corrected chi connectivity index (χ3v) is 5.10. The number of nitrogen functional groups attached to an aromatic ring is 1. The predicted molar refractivity (Wildman–Crippen MR) is 85.8 cm³/mol. The average molecular weight is 312 g/mol. The van der Waals surface area contributed by atoms with Crippen LogP contribution in [-0.4, -0.2) is 53.7 Å². The zero-order valence-electron chi connectivity index (χ0n) is 12.7. The zero-order chi connectivity index (χ0) is 15.4. The van der Waals surface area contributed by atoms with Gasteiger partial charge in [0.2, 0.25) is 0 Å². The minimum Gasteiger partial charge on any atom is -0.396 e. The van der Waals surface area contributed by atoms with E-state index in [0.29, 0.717) is 23.2 Å². The van der Waals surface area contributed by atoms with Crippen LogP contribution in [0.5, 0.6) is 0 Å². The van der Waals surface area contributed by atoms with E-state index in [2.05, 4.69) is 23.7 Å². The molecule has 6 nitrogen and oxygen atoms in total. The van der Waals surface area contributed by atoms with Gasteiger partial charge in [-0.25, -0.2) is 4.98 Å². The molecule has 0 saturated carbocycles. The summed E-state index contributed by atoms with van der Waals surface area (Å²) in [5.74, 6) is 0.705. The number of hydrogen-bond donors (Lipinski definition) is 2. The first kappa shape index (κ1) is 16.0. The first-order valence-electron chi connectivity index (χ1n) is 7.52. The van der Waals surface area contributed by atoms with Gasteiger partial charge in [-0.1, -0.05) is 11.3 Å². The molecule has 7 heteroatoms. The first-order valence-corrected chi connectivity index (χ1v) is 8.33. The van der Waals surface area contributed by atoms with Gasteiger partial charge in [0, 0.05) is 32.8 Å². The van der Waals surface area contributed by atoms with Crippen molar-refractivity contribution in [2.75, 3.05) is 43.4 Å². The number of hydrogen-bond acceptors (Lipinski definition) is 6. The van der Waals surface area contributed by atoms with Gasteiger partial charge in [0.05, 0.1) is 0 Å². The third-order valence-electron chi connectivity index (χ3n) is 3.98. The van der Waals surface area contributed by atoms with Crippen molar-refractivity contribution in [3.05, 3.63) is 4.88 Å². The van der Waals surface area contributed by atoms with Crippen LogP contribution in [0.4, 0.5) is 10.9 Å². The van der Waals surface area contributed by atoms with E-state index < -0.39 is 0 Å². The lowest BCUT2D eigenvalue weighted by Gasteiger charge is -2.17. The second kappa shape index (κ2) is 7.09. The Hall–Kier alpha value is -1.34. The summed E-state index contributed by atoms with van der Waals surface area (Å²) < 4.78 is 0. The molecule has 1 aliphatic heterocycles. The van der Waals surface area contributed by atoms with Crippen molar-refractivity contribution in [2.24, 2.45) is 5.92 Å². The summed E-state index contributed by atoms with van der Waals surface area (Å²) in [4.78, 5) is 21.4. The lowest BCUT2D eigenvalue weighted by Crippen LogP contribution is -2.28. The number of carbonyl (C=O) groups excluding carboxylic acids is 1. The van der Waals surface area contributed by atoms with Gasteiger partial charge in [-0.2, -0.15) is 0 Å². The van der Waals surface area contributed by atoms with Crippen LogP contribution in [0.3, 0.4) is 0 Å². The standard InChI is InChI=1S/C14H24N4O2S/c1-3-17(4-2)14-16-12(15)11(21-14)13(20)18-7-5-10(9-18)6-8-19/h10,19H,3-9,15H2,1-2H3. The van der Waals surface area contributed by atoms with Gasteiger partial charge in [-0.15, -0.1) is 0 Å². The zero-order valence-corrected chi connectivity index (χ0v) is 13.5. The second-order valence-electron chi connectivity index (χ2n) is 5.30. The fraction of sp³-hybridized carbons (Fsp3) is 0.714. The number of likely N-dealkylation sites (tertiary alicyclic amines) is 1. The molecule has 1 atom stereocenters. The van der Waals surface area contributed by atoms with E-state index in [9.17, 15) is 4.79 Å². The van der Waals surface area contributed by atoms with E-state index in [1.807, 2.05) is 4.90 Å². The Morgan fingerprint density at radius 3 is 2.86 bits per heavy atom. The smallest absolute Gasteiger partial charge is 0.267 e. The van der Waals surface area contributed by atoms with Crippen molar-refractivity contribution >= 4 is 28.2 Å². The van der Waals surface area contributed by atoms with Crippen LogP contribution >= 0.6 is 11.3 Å². The average Bonchev–Trinajstić information content (AvgIpc) is 3.07. The Balaban J connectivity index is 2.09. The molecule has 1 aliphatic rings. The SMILES string of the molecule is CCN(CC)c1nc(N)c(C(=O)N2CCC(CCO)C2)s1. The molecular weight excluding hydrogens is 288 g/mol. The summed E-state index contributed by atoms with van der Waals surface area (Å²) >= 11 is 1.38. The van der Waals surface area contributed by atoms with E-state index in [-0.39, 0.29) is 12.5 Å². The van der Waals surface area contributed by atoms with E-state index in [1.54, 1.807) is 0 Å². The number of aliphatic hydroxyl groups is 1. The lowest BCUT2D eigenvalue weighted by atomic mass is 10.1. The van der Waals surface area contributed by atoms with Gasteiger partial charge in [0.15, 0.2) is 5.13 Å². The van der Waals surface area contributed by atoms with Crippen LogP contribution in [-0.2, 0) is 0 Å². The van der Waals surface area contributed by atoms with Crippen LogP contribution in [0.25, 0.3) is 0 Å². The molecule has 2 rings (SSSR count). The van der Waals surface area contributed by atoms with Crippen molar-refractivity contribution in [3.8, 4) is 0 Å². The van der Waals surface area contributed by atoms with Crippen LogP contribution in [0, 0.1) is 5.92 Å². The van der Waals surface area contributed by atoms with E-state index in [0.717, 1.165) is 37.6 Å². The van der Waals surface area contributed by atoms with Crippen molar-refractivity contribution in [3.63, 3.8) is 0 Å². The number of nitrogens with zero attached hydrogens (tertiary/aromatic N) is 3. The molecule has 1 unspecified atom stereocenters. The normalized spacial score (nSPS) is 18.2. The summed E-state index contributed by atoms with van der Waals surface area (Å²) in [7, 11) is 0. The number of thiazole rings is 1. The van der Waals surface area contributed by atoms with E-state index in [1.165, 1.54) is 11.3 Å². The monoisotopic (exact) mass is 312 g/mol. The maximum Gasteiger partial charge on any atom is 0.267 e. The lowest BCUT2D eigenvalue weighted by molar-refractivity contribution is 0.0790. The molecule has 21 heavy (non-hydrogen) atoms. The number of amides is 1. The largest absolute Gasteiger partial charge is 0.396 e. The Labute approximate surface area is 129 Å². The molecule has 1 aromatic rings. The molecule has 0 aliphatic carbocycles. The van der Waals surface area contributed by atoms with Gasteiger partial charge < -0.3 is 20.6 Å². The molecule has 3 N–H and O–H groups in total. The number of aromatic nitrogens is 1. The first-order chi connectivity index (χ1) is 10.1. The highest BCUT2D eigenvalue weighted by molar-refractivity contribution is 7.18. The topological polar surface area (TPSA) is 82.7 Å². The maximum absolute atomic E-state index is 12.6. The molecule has 118 valence electrons. The third kappa shape index (κ3) is 3.47. The number of aliphatic hydroxyl groups excluding tert-OH is 1. The molecule has 0 radical (unpaired) electrons. The molecule has 0 spiro atoms. The van der Waals surface area contributed by atoms with Gasteiger partial charge in [0.25, 0.3) is 5.91 Å². The second-order valence-corrected chi connectivity index (χ2v) is 6.28. The molecule has 0 aromatic carbocycles. The Kier molecular flexibility index (Phi) is 5.41. The van der Waals surface area contributed by atoms with Crippen molar-refractivity contribution in [1.29, 1.82) is 0 Å². The van der Waals surface area contributed by atoms with Crippen molar-refractivity contribution < 1.29 is 9.90 Å². The molecule has 1 saturated heterocycles. The van der Waals surface area contributed by atoms with E-state index in [4.69, 9.17) is 10.8 Å². The highest BCUT2D eigenvalue weighted by atomic mass is 32.1. The molecule has 2 heterocycles. The summed E-state index contributed by atoms with van der Waals surface area (Å²) in [6, 6.07) is 0. The Bertz CT molecular complexity index is 487. The minimum absolute atomic E-state index is 0.0242. The van der Waals surface area contributed by atoms with Crippen LogP contribution in [0.1, 0.15) is 36.4 Å². The van der Waals surface area contributed by atoms with Gasteiger partial charge in [-0.05, 0) is 32.6 Å². The Morgan fingerprint density at radius 1 is 1.52 bits per heavy atom. The predicted octanol–water partition coefficient (Wildman–Crippen LogP) is 1.42. The Morgan fingerprint density at radius 2 is 2.24 bits per heavy atom. The summed E-state index contributed by atoms with van der Waals surface area (Å²) in [6.45, 7) is 7.43. The molecule has 1 fully saturated rings. The number of nitrogens with two attached hydrogens (primary N) is 1. The number of rotatable bonds is 6. The molecule has 1 amide bonds. The number of carbonyl (C=O) groups is 1. The maximum atomic E-state index is 12.6. The fourth-order valence-electron chi connectivity index (χ4n) is 2.68. The highest BCUT2D eigenvalue weighted by Gasteiger charge is 2.29. The molecule has 0 bridgehead atoms. The summed E-state index contributed by atoms with van der Waals surface area (Å²) in [5.41, 5.74) is 5.94. The van der Waals surface area contributed by atoms with Crippen molar-refractivity contribution in [2.45, 2.75) is 26.7 Å². The highest BCUT2D eigenvalue weighted by Crippen LogP contribution is 2.31. The van der Waals surface area contributed by atoms with Crippen LogP contribution in [0.2, 0.25) is 0 Å². The summed E-state index contributed by atoms with van der Waals surface area (Å²) in [5, 5.41) is 9.81. The van der Waals surface area contributed by atoms with Gasteiger partial charge in [0.1, 0.15) is 10.7 Å². The van der Waals surface area contributed by atoms with Crippen molar-refractivity contribution in [1.82, 2.24) is 9.88 Å². The van der Waals surface area contributed by atoms with Crippen LogP contribution in [0.15, 0.2) is 0 Å². The fourth-order valence-corrected chi connectivity index (χ4v) is 3.76. The number of anilines is 2.